The second-order valence-electron chi connectivity index (χ2n) is 8.14. The number of nitrogens with one attached hydrogen (secondary N) is 1. The van der Waals surface area contributed by atoms with E-state index >= 15 is 0 Å². The van der Waals surface area contributed by atoms with Gasteiger partial charge in [-0.15, -0.1) is 11.3 Å². The molecule has 0 radical (unpaired) electrons. The number of aryl methyl sites for hydroxylation is 3. The van der Waals surface area contributed by atoms with Gasteiger partial charge in [0.1, 0.15) is 28.9 Å². The van der Waals surface area contributed by atoms with Crippen LogP contribution in [0.2, 0.25) is 0 Å². The molecule has 0 atom stereocenters. The molecule has 0 saturated heterocycles. The molecule has 1 amide bonds. The molecule has 3 heterocycles. The van der Waals surface area contributed by atoms with Crippen LogP contribution in [0.25, 0.3) is 21.6 Å². The van der Waals surface area contributed by atoms with Crippen molar-refractivity contribution in [2.75, 3.05) is 19.5 Å². The number of methoxy groups -OCH3 is 2. The maximum Gasteiger partial charge on any atom is 0.411 e. The Morgan fingerprint density at radius 1 is 1.12 bits per heavy atom. The standard InChI is InChI=1S/C25H26N4O4S/c1-15-22(34-24(26-15)18-9-8-17(31-2)13-21(18)32-3)14-33-25(30)27-16-7-10-20-19(12-16)28-23-6-4-5-11-29(20)23/h7-10,12-13H,4-6,11,14H2,1-3H3,(H,27,30). The number of nitrogens with zero attached hydrogens (tertiary/aromatic N) is 3. The molecule has 0 fully saturated rings. The lowest BCUT2D eigenvalue weighted by atomic mass is 10.2. The maximum atomic E-state index is 12.5. The average Bonchev–Trinajstić information content (AvgIpc) is 3.41. The lowest BCUT2D eigenvalue weighted by Crippen LogP contribution is -2.13. The van der Waals surface area contributed by atoms with Crippen molar-refractivity contribution in [1.82, 2.24) is 14.5 Å². The van der Waals surface area contributed by atoms with Crippen LogP contribution in [0.5, 0.6) is 11.5 Å². The number of aromatic nitrogens is 3. The third-order valence-electron chi connectivity index (χ3n) is 5.97. The van der Waals surface area contributed by atoms with Crippen LogP contribution in [0.15, 0.2) is 36.4 Å². The molecule has 2 aromatic heterocycles. The third kappa shape index (κ3) is 4.31. The Bertz CT molecular complexity index is 1360. The summed E-state index contributed by atoms with van der Waals surface area (Å²) in [6.45, 7) is 3.04. The van der Waals surface area contributed by atoms with Gasteiger partial charge in [-0.3, -0.25) is 5.32 Å². The number of hydrogen-bond donors (Lipinski definition) is 1. The highest BCUT2D eigenvalue weighted by molar-refractivity contribution is 7.15. The molecule has 2 aromatic carbocycles. The molecule has 9 heteroatoms. The van der Waals surface area contributed by atoms with Gasteiger partial charge in [0.05, 0.1) is 41.4 Å². The summed E-state index contributed by atoms with van der Waals surface area (Å²) < 4.78 is 18.5. The molecule has 1 N–H and O–H groups in total. The van der Waals surface area contributed by atoms with E-state index in [4.69, 9.17) is 19.2 Å². The van der Waals surface area contributed by atoms with Crippen LogP contribution in [0.1, 0.15) is 29.2 Å². The number of imidazole rings is 1. The predicted octanol–water partition coefficient (Wildman–Crippen LogP) is 5.57. The zero-order chi connectivity index (χ0) is 23.7. The molecular formula is C25H26N4O4S. The molecule has 0 spiro atoms. The highest BCUT2D eigenvalue weighted by Gasteiger charge is 2.17. The fourth-order valence-corrected chi connectivity index (χ4v) is 5.19. The van der Waals surface area contributed by atoms with Crippen LogP contribution in [0.4, 0.5) is 10.5 Å². The Labute approximate surface area is 201 Å². The number of rotatable bonds is 6. The monoisotopic (exact) mass is 478 g/mol. The minimum atomic E-state index is -0.514. The Kier molecular flexibility index (Phi) is 6.10. The summed E-state index contributed by atoms with van der Waals surface area (Å²) in [6, 6.07) is 11.4. The highest BCUT2D eigenvalue weighted by Crippen LogP contribution is 2.37. The summed E-state index contributed by atoms with van der Waals surface area (Å²) in [6.07, 6.45) is 2.83. The largest absolute Gasteiger partial charge is 0.497 e. The van der Waals surface area contributed by atoms with Gasteiger partial charge in [-0.05, 0) is 50.1 Å². The molecule has 176 valence electrons. The fraction of sp³-hybridized carbons (Fsp3) is 0.320. The van der Waals surface area contributed by atoms with E-state index in [0.29, 0.717) is 17.2 Å². The van der Waals surface area contributed by atoms with E-state index in [1.807, 2.05) is 43.3 Å². The van der Waals surface area contributed by atoms with Crippen molar-refractivity contribution in [2.24, 2.45) is 0 Å². The predicted molar refractivity (Wildman–Crippen MR) is 132 cm³/mol. The van der Waals surface area contributed by atoms with Crippen molar-refractivity contribution >= 4 is 34.2 Å². The number of thiazole rings is 1. The van der Waals surface area contributed by atoms with Gasteiger partial charge in [0, 0.05) is 24.7 Å². The summed E-state index contributed by atoms with van der Waals surface area (Å²) in [5.74, 6) is 2.50. The van der Waals surface area contributed by atoms with Gasteiger partial charge < -0.3 is 18.8 Å². The van der Waals surface area contributed by atoms with Gasteiger partial charge in [0.25, 0.3) is 0 Å². The first kappa shape index (κ1) is 22.2. The van der Waals surface area contributed by atoms with Crippen LogP contribution in [0, 0.1) is 6.92 Å². The van der Waals surface area contributed by atoms with Gasteiger partial charge in [-0.25, -0.2) is 14.8 Å². The third-order valence-corrected chi connectivity index (χ3v) is 7.14. The van der Waals surface area contributed by atoms with Crippen molar-refractivity contribution in [1.29, 1.82) is 0 Å². The molecule has 0 unspecified atom stereocenters. The average molecular weight is 479 g/mol. The first-order valence-corrected chi connectivity index (χ1v) is 12.0. The Hall–Kier alpha value is -3.59. The molecule has 5 rings (SSSR count). The molecule has 8 nitrogen and oxygen atoms in total. The summed E-state index contributed by atoms with van der Waals surface area (Å²) in [5.41, 5.74) is 4.35. The summed E-state index contributed by atoms with van der Waals surface area (Å²) in [7, 11) is 3.23. The number of anilines is 1. The molecule has 0 aliphatic carbocycles. The minimum absolute atomic E-state index is 0.134. The Morgan fingerprint density at radius 2 is 2.00 bits per heavy atom. The van der Waals surface area contributed by atoms with Crippen LogP contribution in [0.3, 0.4) is 0 Å². The van der Waals surface area contributed by atoms with E-state index < -0.39 is 6.09 Å². The second-order valence-corrected chi connectivity index (χ2v) is 9.22. The maximum absolute atomic E-state index is 12.5. The van der Waals surface area contributed by atoms with Gasteiger partial charge in [-0.2, -0.15) is 0 Å². The van der Waals surface area contributed by atoms with Gasteiger partial charge in [-0.1, -0.05) is 0 Å². The van der Waals surface area contributed by atoms with Crippen LogP contribution < -0.4 is 14.8 Å². The SMILES string of the molecule is COc1ccc(-c2nc(C)c(COC(=O)Nc3ccc4c(c3)nc3n4CCCC3)s2)c(OC)c1. The first-order valence-electron chi connectivity index (χ1n) is 11.2. The van der Waals surface area contributed by atoms with E-state index in [9.17, 15) is 4.79 Å². The van der Waals surface area contributed by atoms with Crippen LogP contribution in [-0.2, 0) is 24.3 Å². The Balaban J connectivity index is 1.26. The van der Waals surface area contributed by atoms with E-state index in [2.05, 4.69) is 14.9 Å². The molecule has 34 heavy (non-hydrogen) atoms. The highest BCUT2D eigenvalue weighted by atomic mass is 32.1. The fourth-order valence-electron chi connectivity index (χ4n) is 4.19. The van der Waals surface area contributed by atoms with Gasteiger partial charge >= 0.3 is 6.09 Å². The topological polar surface area (TPSA) is 87.5 Å². The van der Waals surface area contributed by atoms with E-state index in [1.54, 1.807) is 14.2 Å². The van der Waals surface area contributed by atoms with Crippen molar-refractivity contribution in [2.45, 2.75) is 39.3 Å². The van der Waals surface area contributed by atoms with Gasteiger partial charge in [0.15, 0.2) is 0 Å². The minimum Gasteiger partial charge on any atom is -0.497 e. The molecule has 0 saturated carbocycles. The summed E-state index contributed by atoms with van der Waals surface area (Å²) in [5, 5.41) is 3.61. The number of amides is 1. The number of hydrogen-bond acceptors (Lipinski definition) is 7. The molecular weight excluding hydrogens is 452 g/mol. The zero-order valence-electron chi connectivity index (χ0n) is 19.4. The summed E-state index contributed by atoms with van der Waals surface area (Å²) >= 11 is 1.47. The number of ether oxygens (including phenoxy) is 3. The van der Waals surface area contributed by atoms with Crippen LogP contribution in [-0.4, -0.2) is 34.8 Å². The van der Waals surface area contributed by atoms with Gasteiger partial charge in [0.2, 0.25) is 0 Å². The first-order chi connectivity index (χ1) is 16.6. The number of carbonyl (C=O) groups excluding carboxylic acids is 1. The smallest absolute Gasteiger partial charge is 0.411 e. The quantitative estimate of drug-likeness (QED) is 0.390. The molecule has 4 aromatic rings. The summed E-state index contributed by atoms with van der Waals surface area (Å²) in [4.78, 5) is 22.7. The van der Waals surface area contributed by atoms with Crippen molar-refractivity contribution in [3.05, 3.63) is 52.8 Å². The zero-order valence-corrected chi connectivity index (χ0v) is 20.2. The van der Waals surface area contributed by atoms with Crippen LogP contribution >= 0.6 is 11.3 Å². The lowest BCUT2D eigenvalue weighted by molar-refractivity contribution is 0.156. The van der Waals surface area contributed by atoms with Crippen molar-refractivity contribution < 1.29 is 19.0 Å². The Morgan fingerprint density at radius 3 is 2.82 bits per heavy atom. The molecule has 1 aliphatic heterocycles. The van der Waals surface area contributed by atoms with Crippen molar-refractivity contribution in [3.63, 3.8) is 0 Å². The van der Waals surface area contributed by atoms with E-state index in [-0.39, 0.29) is 6.61 Å². The molecule has 0 bridgehead atoms. The van der Waals surface area contributed by atoms with Crippen molar-refractivity contribution in [3.8, 4) is 22.1 Å². The number of fused-ring (bicyclic) bond motifs is 3. The second kappa shape index (κ2) is 9.34. The number of benzene rings is 2. The normalized spacial score (nSPS) is 12.9. The van der Waals surface area contributed by atoms with E-state index in [0.717, 1.165) is 51.0 Å². The van der Waals surface area contributed by atoms with E-state index in [1.165, 1.54) is 24.2 Å². The molecule has 1 aliphatic rings. The number of carbonyl (C=O) groups is 1. The lowest BCUT2D eigenvalue weighted by Gasteiger charge is -2.13.